The van der Waals surface area contributed by atoms with Gasteiger partial charge in [0.05, 0.1) is 6.42 Å². The van der Waals surface area contributed by atoms with E-state index < -0.39 is 28.5 Å². The molecule has 146 valence electrons. The summed E-state index contributed by atoms with van der Waals surface area (Å²) in [5.74, 6) is -1.14. The summed E-state index contributed by atoms with van der Waals surface area (Å²) >= 11 is 1.08. The summed E-state index contributed by atoms with van der Waals surface area (Å²) in [4.78, 5) is 25.4. The number of thiophene rings is 1. The quantitative estimate of drug-likeness (QED) is 0.608. The second kappa shape index (κ2) is 9.49. The Morgan fingerprint density at radius 3 is 2.44 bits per heavy atom. The lowest BCUT2D eigenvalue weighted by molar-refractivity contribution is -0.147. The molecule has 27 heavy (non-hydrogen) atoms. The van der Waals surface area contributed by atoms with Gasteiger partial charge in [-0.05, 0) is 35.7 Å². The Hall–Kier alpha value is -2.43. The standard InChI is InChI=1S/C17H21N3O5S2/c1-20(2)14-7-5-13(6-8-14)19-15(21)12-25-16(22)9-10-18-27(23,24)17-4-3-11-26-17/h3-8,11,18H,9-10,12H2,1-2H3,(H,19,21). The third kappa shape index (κ3) is 6.66. The molecule has 2 aromatic rings. The second-order valence-corrected chi connectivity index (χ2v) is 8.67. The normalized spacial score (nSPS) is 11.0. The van der Waals surface area contributed by atoms with Gasteiger partial charge < -0.3 is 15.0 Å². The van der Waals surface area contributed by atoms with Crippen molar-refractivity contribution >= 4 is 44.6 Å². The van der Waals surface area contributed by atoms with Crippen LogP contribution in [-0.2, 0) is 24.3 Å². The maximum atomic E-state index is 11.9. The molecule has 1 heterocycles. The Labute approximate surface area is 162 Å². The Morgan fingerprint density at radius 1 is 1.15 bits per heavy atom. The fourth-order valence-electron chi connectivity index (χ4n) is 2.03. The van der Waals surface area contributed by atoms with Crippen LogP contribution in [0.3, 0.4) is 0 Å². The molecule has 2 rings (SSSR count). The summed E-state index contributed by atoms with van der Waals surface area (Å²) in [5, 5.41) is 4.27. The zero-order valence-corrected chi connectivity index (χ0v) is 16.6. The molecule has 1 amide bonds. The van der Waals surface area contributed by atoms with Crippen LogP contribution < -0.4 is 14.9 Å². The molecule has 2 N–H and O–H groups in total. The number of esters is 1. The van der Waals surface area contributed by atoms with Crippen LogP contribution in [0, 0.1) is 0 Å². The van der Waals surface area contributed by atoms with Gasteiger partial charge in [0.15, 0.2) is 6.61 Å². The fourth-order valence-corrected chi connectivity index (χ4v) is 4.10. The highest BCUT2D eigenvalue weighted by molar-refractivity contribution is 7.91. The highest BCUT2D eigenvalue weighted by Crippen LogP contribution is 2.16. The predicted octanol–water partition coefficient (Wildman–Crippen LogP) is 1.66. The van der Waals surface area contributed by atoms with Crippen molar-refractivity contribution in [1.29, 1.82) is 0 Å². The molecule has 0 aliphatic rings. The SMILES string of the molecule is CN(C)c1ccc(NC(=O)COC(=O)CCNS(=O)(=O)c2cccs2)cc1. The summed E-state index contributed by atoms with van der Waals surface area (Å²) in [6.07, 6.45) is -0.171. The van der Waals surface area contributed by atoms with Gasteiger partial charge in [0.25, 0.3) is 5.91 Å². The zero-order valence-electron chi connectivity index (χ0n) is 15.0. The first kappa shape index (κ1) is 20.9. The molecule has 0 saturated heterocycles. The van der Waals surface area contributed by atoms with Gasteiger partial charge in [-0.1, -0.05) is 6.07 Å². The van der Waals surface area contributed by atoms with E-state index >= 15 is 0 Å². The molecule has 0 atom stereocenters. The second-order valence-electron chi connectivity index (χ2n) is 5.73. The molecule has 0 radical (unpaired) electrons. The molecule has 0 aliphatic carbocycles. The molecule has 0 bridgehead atoms. The van der Waals surface area contributed by atoms with Crippen LogP contribution in [0.25, 0.3) is 0 Å². The Bertz CT molecular complexity index is 862. The number of hydrogen-bond donors (Lipinski definition) is 2. The number of carbonyl (C=O) groups excluding carboxylic acids is 2. The Kier molecular flexibility index (Phi) is 7.34. The first-order valence-electron chi connectivity index (χ1n) is 8.04. The number of rotatable bonds is 9. The monoisotopic (exact) mass is 411 g/mol. The zero-order chi connectivity index (χ0) is 19.9. The third-order valence-corrected chi connectivity index (χ3v) is 6.27. The highest BCUT2D eigenvalue weighted by Gasteiger charge is 2.15. The van der Waals surface area contributed by atoms with Crippen LogP contribution >= 0.6 is 11.3 Å². The molecule has 0 saturated carbocycles. The van der Waals surface area contributed by atoms with Crippen LogP contribution in [0.2, 0.25) is 0 Å². The molecule has 8 nitrogen and oxygen atoms in total. The minimum atomic E-state index is -3.62. The molecular formula is C17H21N3O5S2. The Balaban J connectivity index is 1.69. The van der Waals surface area contributed by atoms with Crippen molar-refractivity contribution in [2.75, 3.05) is 37.5 Å². The van der Waals surface area contributed by atoms with Crippen molar-refractivity contribution < 1.29 is 22.7 Å². The van der Waals surface area contributed by atoms with Crippen molar-refractivity contribution in [2.24, 2.45) is 0 Å². The maximum Gasteiger partial charge on any atom is 0.307 e. The summed E-state index contributed by atoms with van der Waals surface area (Å²) in [6.45, 7) is -0.543. The van der Waals surface area contributed by atoms with Gasteiger partial charge in [-0.3, -0.25) is 9.59 Å². The molecule has 0 spiro atoms. The molecule has 1 aromatic carbocycles. The van der Waals surface area contributed by atoms with Gasteiger partial charge in [-0.25, -0.2) is 13.1 Å². The van der Waals surface area contributed by atoms with Crippen LogP contribution in [0.15, 0.2) is 46.0 Å². The maximum absolute atomic E-state index is 11.9. The van der Waals surface area contributed by atoms with E-state index in [9.17, 15) is 18.0 Å². The number of nitrogens with zero attached hydrogens (tertiary/aromatic N) is 1. The number of amides is 1. The topological polar surface area (TPSA) is 105 Å². The number of nitrogens with one attached hydrogen (secondary N) is 2. The first-order chi connectivity index (χ1) is 12.8. The average molecular weight is 412 g/mol. The summed E-state index contributed by atoms with van der Waals surface area (Å²) in [5.41, 5.74) is 1.58. The third-order valence-electron chi connectivity index (χ3n) is 3.41. The molecule has 0 fully saturated rings. The van der Waals surface area contributed by atoms with Gasteiger partial charge in [0, 0.05) is 32.0 Å². The van der Waals surface area contributed by atoms with Gasteiger partial charge >= 0.3 is 5.97 Å². The molecule has 1 aromatic heterocycles. The number of ether oxygens (including phenoxy) is 1. The number of anilines is 2. The van der Waals surface area contributed by atoms with E-state index in [1.165, 1.54) is 6.07 Å². The van der Waals surface area contributed by atoms with Gasteiger partial charge in [0.1, 0.15) is 4.21 Å². The van der Waals surface area contributed by atoms with Gasteiger partial charge in [0.2, 0.25) is 10.0 Å². The van der Waals surface area contributed by atoms with E-state index in [4.69, 9.17) is 4.74 Å². The van der Waals surface area contributed by atoms with E-state index in [2.05, 4.69) is 10.0 Å². The molecule has 0 aliphatic heterocycles. The summed E-state index contributed by atoms with van der Waals surface area (Å²) < 4.78 is 31.1. The summed E-state index contributed by atoms with van der Waals surface area (Å²) in [7, 11) is 0.204. The highest BCUT2D eigenvalue weighted by atomic mass is 32.2. The van der Waals surface area contributed by atoms with E-state index in [0.29, 0.717) is 5.69 Å². The van der Waals surface area contributed by atoms with E-state index in [-0.39, 0.29) is 17.2 Å². The van der Waals surface area contributed by atoms with Crippen molar-refractivity contribution in [3.05, 3.63) is 41.8 Å². The predicted molar refractivity (Wildman–Crippen MR) is 104 cm³/mol. The van der Waals surface area contributed by atoms with Gasteiger partial charge in [-0.2, -0.15) is 0 Å². The fraction of sp³-hybridized carbons (Fsp3) is 0.294. The minimum absolute atomic E-state index is 0.104. The first-order valence-corrected chi connectivity index (χ1v) is 10.4. The lowest BCUT2D eigenvalue weighted by Gasteiger charge is -2.13. The van der Waals surface area contributed by atoms with Crippen molar-refractivity contribution in [2.45, 2.75) is 10.6 Å². The number of sulfonamides is 1. The van der Waals surface area contributed by atoms with Crippen molar-refractivity contribution in [3.8, 4) is 0 Å². The van der Waals surface area contributed by atoms with Gasteiger partial charge in [-0.15, -0.1) is 11.3 Å². The van der Waals surface area contributed by atoms with Crippen molar-refractivity contribution in [3.63, 3.8) is 0 Å². The number of carbonyl (C=O) groups is 2. The van der Waals surface area contributed by atoms with Crippen LogP contribution in [0.1, 0.15) is 6.42 Å². The van der Waals surface area contributed by atoms with Crippen LogP contribution in [0.4, 0.5) is 11.4 Å². The van der Waals surface area contributed by atoms with E-state index in [1.807, 2.05) is 31.1 Å². The minimum Gasteiger partial charge on any atom is -0.456 e. The smallest absolute Gasteiger partial charge is 0.307 e. The average Bonchev–Trinajstić information content (AvgIpc) is 3.16. The molecule has 10 heteroatoms. The van der Waals surface area contributed by atoms with Crippen molar-refractivity contribution in [1.82, 2.24) is 4.72 Å². The number of benzene rings is 1. The lowest BCUT2D eigenvalue weighted by Crippen LogP contribution is -2.27. The summed E-state index contributed by atoms with van der Waals surface area (Å²) in [6, 6.07) is 10.3. The van der Waals surface area contributed by atoms with E-state index in [1.54, 1.807) is 23.6 Å². The largest absolute Gasteiger partial charge is 0.456 e. The number of hydrogen-bond acceptors (Lipinski definition) is 7. The van der Waals surface area contributed by atoms with Crippen LogP contribution in [-0.4, -0.2) is 47.5 Å². The lowest BCUT2D eigenvalue weighted by atomic mass is 10.2. The molecule has 0 unspecified atom stereocenters. The molecular weight excluding hydrogens is 390 g/mol. The van der Waals surface area contributed by atoms with Crippen LogP contribution in [0.5, 0.6) is 0 Å². The van der Waals surface area contributed by atoms with E-state index in [0.717, 1.165) is 17.0 Å². The Morgan fingerprint density at radius 2 is 1.85 bits per heavy atom.